The van der Waals surface area contributed by atoms with Crippen LogP contribution in [0.15, 0.2) is 223 Å². The Hall–Kier alpha value is -8.67. The number of furan rings is 1. The zero-order chi connectivity index (χ0) is 42.1. The molecule has 298 valence electrons. The van der Waals surface area contributed by atoms with Gasteiger partial charge < -0.3 is 8.98 Å². The van der Waals surface area contributed by atoms with Crippen LogP contribution in [0, 0.1) is 0 Å². The fourth-order valence-electron chi connectivity index (χ4n) is 9.56. The Morgan fingerprint density at radius 3 is 1.69 bits per heavy atom. The summed E-state index contributed by atoms with van der Waals surface area (Å²) in [5, 5.41) is 9.08. The summed E-state index contributed by atoms with van der Waals surface area (Å²) in [7, 11) is 0. The maximum atomic E-state index is 7.12. The molecule has 0 unspecified atom stereocenters. The van der Waals surface area contributed by atoms with Crippen LogP contribution in [-0.2, 0) is 0 Å². The van der Waals surface area contributed by atoms with Gasteiger partial charge in [0.1, 0.15) is 11.3 Å². The average molecular weight is 817 g/mol. The number of aromatic nitrogens is 4. The number of hydrogen-bond acceptors (Lipinski definition) is 4. The van der Waals surface area contributed by atoms with Gasteiger partial charge in [-0.25, -0.2) is 15.0 Å². The summed E-state index contributed by atoms with van der Waals surface area (Å²) in [5.41, 5.74) is 11.7. The first-order valence-corrected chi connectivity index (χ1v) is 21.6. The van der Waals surface area contributed by atoms with Crippen molar-refractivity contribution in [2.45, 2.75) is 0 Å². The van der Waals surface area contributed by atoms with E-state index in [1.807, 2.05) is 12.1 Å². The molecular formula is C59H36N4O. The number of rotatable bonds is 6. The van der Waals surface area contributed by atoms with E-state index in [1.165, 1.54) is 5.39 Å². The van der Waals surface area contributed by atoms with Crippen LogP contribution in [0.1, 0.15) is 0 Å². The molecule has 0 saturated heterocycles. The summed E-state index contributed by atoms with van der Waals surface area (Å²) in [6.07, 6.45) is 0. The maximum absolute atomic E-state index is 7.12. The van der Waals surface area contributed by atoms with E-state index in [0.717, 1.165) is 105 Å². The lowest BCUT2D eigenvalue weighted by Crippen LogP contribution is -2.04. The molecule has 0 N–H and O–H groups in total. The minimum absolute atomic E-state index is 0.547. The van der Waals surface area contributed by atoms with Crippen LogP contribution in [-0.4, -0.2) is 19.5 Å². The number of nitrogens with zero attached hydrogens (tertiary/aromatic N) is 4. The fourth-order valence-corrected chi connectivity index (χ4v) is 9.56. The first kappa shape index (κ1) is 36.0. The highest BCUT2D eigenvalue weighted by Crippen LogP contribution is 2.45. The van der Waals surface area contributed by atoms with E-state index in [9.17, 15) is 0 Å². The molecule has 5 heteroatoms. The van der Waals surface area contributed by atoms with Crippen LogP contribution in [0.5, 0.6) is 0 Å². The Bertz CT molecular complexity index is 3940. The molecule has 5 nitrogen and oxygen atoms in total. The standard InChI is InChI=1S/C59H36N4O/c1-3-14-37(15-4-1)39-26-28-41(29-27-39)57-60-58(45-22-13-21-42(34-45)38-16-5-2-6-17-38)62-59(61-57)49-32-31-48-54-46-23-10-9-18-40(46)30-33-53(54)64-56(48)55(49)63-51-25-12-11-24-47(51)50-35-43-19-7-8-20-44(43)36-52(50)63/h1-36H. The Morgan fingerprint density at radius 1 is 0.328 bits per heavy atom. The second-order valence-electron chi connectivity index (χ2n) is 16.4. The largest absolute Gasteiger partial charge is 0.454 e. The highest BCUT2D eigenvalue weighted by Gasteiger charge is 2.25. The van der Waals surface area contributed by atoms with E-state index < -0.39 is 0 Å². The van der Waals surface area contributed by atoms with E-state index in [2.05, 4.69) is 211 Å². The molecular weight excluding hydrogens is 781 g/mol. The second-order valence-corrected chi connectivity index (χ2v) is 16.4. The fraction of sp³-hybridized carbons (Fsp3) is 0. The van der Waals surface area contributed by atoms with E-state index in [-0.39, 0.29) is 0 Å². The molecule has 0 saturated carbocycles. The van der Waals surface area contributed by atoms with Gasteiger partial charge >= 0.3 is 0 Å². The monoisotopic (exact) mass is 816 g/mol. The predicted molar refractivity (Wildman–Crippen MR) is 264 cm³/mol. The van der Waals surface area contributed by atoms with Crippen molar-refractivity contribution in [3.63, 3.8) is 0 Å². The lowest BCUT2D eigenvalue weighted by Gasteiger charge is -2.16. The first-order valence-electron chi connectivity index (χ1n) is 21.6. The Morgan fingerprint density at radius 2 is 0.906 bits per heavy atom. The molecule has 0 bridgehead atoms. The van der Waals surface area contributed by atoms with E-state index in [0.29, 0.717) is 17.5 Å². The maximum Gasteiger partial charge on any atom is 0.166 e. The lowest BCUT2D eigenvalue weighted by atomic mass is 10.0. The van der Waals surface area contributed by atoms with Gasteiger partial charge in [-0.3, -0.25) is 0 Å². The molecule has 0 spiro atoms. The molecule has 0 aliphatic heterocycles. The van der Waals surface area contributed by atoms with Gasteiger partial charge in [-0.15, -0.1) is 0 Å². The Kier molecular flexibility index (Phi) is 8.15. The van der Waals surface area contributed by atoms with Crippen molar-refractivity contribution in [1.82, 2.24) is 19.5 Å². The third-order valence-electron chi connectivity index (χ3n) is 12.6. The topological polar surface area (TPSA) is 56.7 Å². The molecule has 13 rings (SSSR count). The summed E-state index contributed by atoms with van der Waals surface area (Å²) in [6, 6.07) is 76.8. The molecule has 0 amide bonds. The summed E-state index contributed by atoms with van der Waals surface area (Å²) in [6.45, 7) is 0. The van der Waals surface area contributed by atoms with Crippen LogP contribution >= 0.6 is 0 Å². The quantitative estimate of drug-likeness (QED) is 0.168. The minimum atomic E-state index is 0.547. The summed E-state index contributed by atoms with van der Waals surface area (Å²) >= 11 is 0. The molecule has 0 aliphatic rings. The molecule has 0 aliphatic carbocycles. The van der Waals surface area contributed by atoms with Crippen molar-refractivity contribution in [2.75, 3.05) is 0 Å². The van der Waals surface area contributed by atoms with Crippen molar-refractivity contribution < 1.29 is 4.42 Å². The number of hydrogen-bond donors (Lipinski definition) is 0. The summed E-state index contributed by atoms with van der Waals surface area (Å²) < 4.78 is 9.49. The van der Waals surface area contributed by atoms with Crippen molar-refractivity contribution in [1.29, 1.82) is 0 Å². The van der Waals surface area contributed by atoms with E-state index >= 15 is 0 Å². The average Bonchev–Trinajstić information content (AvgIpc) is 3.91. The lowest BCUT2D eigenvalue weighted by molar-refractivity contribution is 0.667. The number of fused-ring (bicyclic) bond motifs is 9. The van der Waals surface area contributed by atoms with Gasteiger partial charge in [0.2, 0.25) is 0 Å². The first-order chi connectivity index (χ1) is 31.7. The Balaban J connectivity index is 1.12. The van der Waals surface area contributed by atoms with E-state index in [4.69, 9.17) is 19.4 Å². The Labute approximate surface area is 368 Å². The van der Waals surface area contributed by atoms with Crippen molar-refractivity contribution in [2.24, 2.45) is 0 Å². The molecule has 13 aromatic rings. The summed E-state index contributed by atoms with van der Waals surface area (Å²) in [4.78, 5) is 16.1. The predicted octanol–water partition coefficient (Wildman–Crippen LogP) is 15.5. The SMILES string of the molecule is c1ccc(-c2ccc(-c3nc(-c4cccc(-c5ccccc5)c4)nc(-c4ccc5c(oc6ccc7ccccc7c65)c4-n4c5ccccc5c5cc6ccccc6cc54)n3)cc2)cc1. The molecule has 0 atom stereocenters. The number of para-hydroxylation sites is 1. The third kappa shape index (κ3) is 5.83. The number of benzene rings is 10. The van der Waals surface area contributed by atoms with Crippen molar-refractivity contribution >= 4 is 65.3 Å². The molecule has 10 aromatic carbocycles. The van der Waals surface area contributed by atoms with Crippen LogP contribution in [0.25, 0.3) is 127 Å². The van der Waals surface area contributed by atoms with Gasteiger partial charge in [-0.2, -0.15) is 0 Å². The van der Waals surface area contributed by atoms with Gasteiger partial charge in [0, 0.05) is 38.2 Å². The normalized spacial score (nSPS) is 11.8. The van der Waals surface area contributed by atoms with Gasteiger partial charge in [0.05, 0.1) is 11.0 Å². The van der Waals surface area contributed by atoms with Crippen LogP contribution in [0.3, 0.4) is 0 Å². The zero-order valence-electron chi connectivity index (χ0n) is 34.5. The summed E-state index contributed by atoms with van der Waals surface area (Å²) in [5.74, 6) is 1.71. The van der Waals surface area contributed by atoms with Crippen molar-refractivity contribution in [3.8, 4) is 62.1 Å². The van der Waals surface area contributed by atoms with Crippen LogP contribution < -0.4 is 0 Å². The van der Waals surface area contributed by atoms with Gasteiger partial charge in [0.25, 0.3) is 0 Å². The van der Waals surface area contributed by atoms with Gasteiger partial charge in [-0.1, -0.05) is 176 Å². The molecule has 64 heavy (non-hydrogen) atoms. The van der Waals surface area contributed by atoms with Gasteiger partial charge in [0.15, 0.2) is 23.1 Å². The van der Waals surface area contributed by atoms with E-state index in [1.54, 1.807) is 0 Å². The van der Waals surface area contributed by atoms with Crippen LogP contribution in [0.2, 0.25) is 0 Å². The molecule has 3 aromatic heterocycles. The zero-order valence-corrected chi connectivity index (χ0v) is 34.5. The van der Waals surface area contributed by atoms with Crippen LogP contribution in [0.4, 0.5) is 0 Å². The third-order valence-corrected chi connectivity index (χ3v) is 12.6. The molecule has 3 heterocycles. The molecule has 0 radical (unpaired) electrons. The van der Waals surface area contributed by atoms with Crippen molar-refractivity contribution in [3.05, 3.63) is 218 Å². The molecule has 0 fully saturated rings. The highest BCUT2D eigenvalue weighted by molar-refractivity contribution is 6.22. The van der Waals surface area contributed by atoms with Gasteiger partial charge in [-0.05, 0) is 86.3 Å². The second kappa shape index (κ2) is 14.5. The highest BCUT2D eigenvalue weighted by atomic mass is 16.3. The minimum Gasteiger partial charge on any atom is -0.454 e. The smallest absolute Gasteiger partial charge is 0.166 e.